The number of aromatic nitrogens is 4. The second-order valence-electron chi connectivity index (χ2n) is 5.19. The molecule has 1 saturated carbocycles. The van der Waals surface area contributed by atoms with Crippen LogP contribution in [-0.2, 0) is 0 Å². The van der Waals surface area contributed by atoms with Crippen LogP contribution in [0.5, 0.6) is 0 Å². The third kappa shape index (κ3) is 2.50. The van der Waals surface area contributed by atoms with Crippen LogP contribution in [-0.4, -0.2) is 25.8 Å². The van der Waals surface area contributed by atoms with Crippen LogP contribution in [0.3, 0.4) is 0 Å². The van der Waals surface area contributed by atoms with Crippen LogP contribution in [0.15, 0.2) is 42.9 Å². The summed E-state index contributed by atoms with van der Waals surface area (Å²) in [4.78, 5) is 8.66. The largest absolute Gasteiger partial charge is 0.367 e. The minimum absolute atomic E-state index is 0.561. The van der Waals surface area contributed by atoms with Gasteiger partial charge in [0.15, 0.2) is 5.65 Å². The van der Waals surface area contributed by atoms with Crippen LogP contribution in [0.25, 0.3) is 23.3 Å². The molecule has 2 heterocycles. The molecule has 1 aromatic carbocycles. The number of nitrogens with zero attached hydrogens (tertiary/aromatic N) is 4. The second-order valence-corrected chi connectivity index (χ2v) is 5.19. The molecule has 2 aromatic heterocycles. The van der Waals surface area contributed by atoms with Crippen molar-refractivity contribution in [2.45, 2.75) is 18.9 Å². The highest BCUT2D eigenvalue weighted by atomic mass is 15.3. The van der Waals surface area contributed by atoms with Crippen LogP contribution in [0.4, 0.5) is 5.82 Å². The zero-order chi connectivity index (χ0) is 14.1. The van der Waals surface area contributed by atoms with Crippen molar-refractivity contribution in [3.05, 3.63) is 48.4 Å². The lowest BCUT2D eigenvalue weighted by molar-refractivity contribution is 0.949. The molecule has 3 aromatic rings. The Balaban J connectivity index is 1.68. The lowest BCUT2D eigenvalue weighted by Crippen LogP contribution is -2.03. The molecule has 0 amide bonds. The molecule has 0 unspecified atom stereocenters. The van der Waals surface area contributed by atoms with Gasteiger partial charge in [-0.1, -0.05) is 30.3 Å². The summed E-state index contributed by atoms with van der Waals surface area (Å²) >= 11 is 0. The summed E-state index contributed by atoms with van der Waals surface area (Å²) in [7, 11) is 0. The van der Waals surface area contributed by atoms with E-state index in [4.69, 9.17) is 0 Å². The predicted octanol–water partition coefficient (Wildman–Crippen LogP) is 3.03. The van der Waals surface area contributed by atoms with Gasteiger partial charge in [-0.25, -0.2) is 14.6 Å². The molecule has 0 spiro atoms. The predicted molar refractivity (Wildman–Crippen MR) is 83.6 cm³/mol. The molecular formula is C16H15N5. The van der Waals surface area contributed by atoms with Gasteiger partial charge >= 0.3 is 0 Å². The molecule has 0 atom stereocenters. The molecule has 4 rings (SSSR count). The smallest absolute Gasteiger partial charge is 0.167 e. The van der Waals surface area contributed by atoms with Gasteiger partial charge in [-0.3, -0.25) is 0 Å². The number of nitrogens with one attached hydrogen (secondary N) is 1. The molecule has 5 nitrogen and oxygen atoms in total. The fourth-order valence-corrected chi connectivity index (χ4v) is 2.23. The quantitative estimate of drug-likeness (QED) is 0.796. The molecule has 21 heavy (non-hydrogen) atoms. The highest BCUT2D eigenvalue weighted by Gasteiger charge is 2.22. The Morgan fingerprint density at radius 1 is 1.14 bits per heavy atom. The van der Waals surface area contributed by atoms with Gasteiger partial charge < -0.3 is 5.32 Å². The summed E-state index contributed by atoms with van der Waals surface area (Å²) in [6.07, 6.45) is 9.77. The summed E-state index contributed by atoms with van der Waals surface area (Å²) in [6, 6.07) is 10.7. The van der Waals surface area contributed by atoms with Gasteiger partial charge in [0.25, 0.3) is 0 Å². The van der Waals surface area contributed by atoms with E-state index >= 15 is 0 Å². The van der Waals surface area contributed by atoms with Gasteiger partial charge in [0, 0.05) is 12.2 Å². The molecule has 0 aliphatic heterocycles. The van der Waals surface area contributed by atoms with E-state index in [1.54, 1.807) is 11.0 Å². The van der Waals surface area contributed by atoms with E-state index < -0.39 is 0 Å². The van der Waals surface area contributed by atoms with Crippen molar-refractivity contribution in [3.63, 3.8) is 0 Å². The summed E-state index contributed by atoms with van der Waals surface area (Å²) in [5.41, 5.74) is 1.95. The van der Waals surface area contributed by atoms with Gasteiger partial charge in [0.1, 0.15) is 12.1 Å². The zero-order valence-corrected chi connectivity index (χ0v) is 11.5. The van der Waals surface area contributed by atoms with E-state index in [1.165, 1.54) is 12.8 Å². The van der Waals surface area contributed by atoms with Crippen molar-refractivity contribution in [3.8, 4) is 0 Å². The van der Waals surface area contributed by atoms with Gasteiger partial charge in [-0.05, 0) is 24.5 Å². The van der Waals surface area contributed by atoms with E-state index in [-0.39, 0.29) is 0 Å². The van der Waals surface area contributed by atoms with Crippen LogP contribution >= 0.6 is 0 Å². The Hall–Kier alpha value is -2.69. The summed E-state index contributed by atoms with van der Waals surface area (Å²) in [5.74, 6) is 0.877. The molecule has 5 heteroatoms. The highest BCUT2D eigenvalue weighted by molar-refractivity contribution is 5.87. The maximum absolute atomic E-state index is 4.39. The lowest BCUT2D eigenvalue weighted by atomic mass is 10.2. The molecule has 104 valence electrons. The monoisotopic (exact) mass is 277 g/mol. The van der Waals surface area contributed by atoms with E-state index in [1.807, 2.05) is 36.7 Å². The average Bonchev–Trinajstić information content (AvgIpc) is 3.24. The molecular weight excluding hydrogens is 262 g/mol. The fourth-order valence-electron chi connectivity index (χ4n) is 2.23. The van der Waals surface area contributed by atoms with E-state index in [9.17, 15) is 0 Å². The standard InChI is InChI=1S/C16H15N5/c1-2-4-12(5-3-1)8-9-21-16-14(10-19-21)15(17-11-18-16)20-13-6-7-13/h1-5,8-11,13H,6-7H2,(H,17,18,20)/b9-8-. The average molecular weight is 277 g/mol. The topological polar surface area (TPSA) is 55.6 Å². The van der Waals surface area contributed by atoms with Crippen LogP contribution < -0.4 is 5.32 Å². The zero-order valence-electron chi connectivity index (χ0n) is 11.5. The normalized spacial score (nSPS) is 14.9. The summed E-state index contributed by atoms with van der Waals surface area (Å²) < 4.78 is 1.78. The van der Waals surface area contributed by atoms with E-state index in [0.29, 0.717) is 6.04 Å². The molecule has 1 aliphatic rings. The Bertz CT molecular complexity index is 787. The first-order valence-electron chi connectivity index (χ1n) is 7.08. The molecule has 1 fully saturated rings. The Kier molecular flexibility index (Phi) is 2.88. The van der Waals surface area contributed by atoms with Crippen molar-refractivity contribution in [1.29, 1.82) is 0 Å². The number of benzene rings is 1. The van der Waals surface area contributed by atoms with Crippen molar-refractivity contribution in [2.24, 2.45) is 0 Å². The third-order valence-electron chi connectivity index (χ3n) is 3.52. The number of fused-ring (bicyclic) bond motifs is 1. The minimum atomic E-state index is 0.561. The van der Waals surface area contributed by atoms with Gasteiger partial charge in [0.2, 0.25) is 0 Å². The third-order valence-corrected chi connectivity index (χ3v) is 3.52. The maximum Gasteiger partial charge on any atom is 0.167 e. The second kappa shape index (κ2) is 5.01. The first kappa shape index (κ1) is 12.1. The van der Waals surface area contributed by atoms with Gasteiger partial charge in [0.05, 0.1) is 11.6 Å². The lowest BCUT2D eigenvalue weighted by Gasteiger charge is -2.03. The first-order chi connectivity index (χ1) is 10.4. The number of rotatable bonds is 4. The first-order valence-corrected chi connectivity index (χ1v) is 7.08. The molecule has 0 saturated heterocycles. The summed E-state index contributed by atoms with van der Waals surface area (Å²) in [5, 5.41) is 8.76. The van der Waals surface area contributed by atoms with Crippen LogP contribution in [0.1, 0.15) is 18.4 Å². The van der Waals surface area contributed by atoms with Crippen molar-refractivity contribution < 1.29 is 0 Å². The SMILES string of the molecule is C(=C/n1ncc2c(NC3CC3)ncnc21)/c1ccccc1. The van der Waals surface area contributed by atoms with Crippen molar-refractivity contribution in [1.82, 2.24) is 19.7 Å². The number of anilines is 1. The van der Waals surface area contributed by atoms with Crippen molar-refractivity contribution >= 4 is 29.1 Å². The summed E-state index contributed by atoms with van der Waals surface area (Å²) in [6.45, 7) is 0. The molecule has 0 bridgehead atoms. The van der Waals surface area contributed by atoms with Crippen molar-refractivity contribution in [2.75, 3.05) is 5.32 Å². The van der Waals surface area contributed by atoms with Gasteiger partial charge in [-0.2, -0.15) is 5.10 Å². The van der Waals surface area contributed by atoms with Crippen LogP contribution in [0, 0.1) is 0 Å². The maximum atomic E-state index is 4.39. The number of hydrogen-bond donors (Lipinski definition) is 1. The Morgan fingerprint density at radius 2 is 2.00 bits per heavy atom. The Morgan fingerprint density at radius 3 is 2.81 bits per heavy atom. The molecule has 0 radical (unpaired) electrons. The van der Waals surface area contributed by atoms with Crippen LogP contribution in [0.2, 0.25) is 0 Å². The number of hydrogen-bond acceptors (Lipinski definition) is 4. The molecule has 1 aliphatic carbocycles. The van der Waals surface area contributed by atoms with Gasteiger partial charge in [-0.15, -0.1) is 0 Å². The van der Waals surface area contributed by atoms with E-state index in [2.05, 4.69) is 32.5 Å². The minimum Gasteiger partial charge on any atom is -0.367 e. The molecule has 1 N–H and O–H groups in total. The fraction of sp³-hybridized carbons (Fsp3) is 0.188. The Labute approximate surface area is 122 Å². The highest BCUT2D eigenvalue weighted by Crippen LogP contribution is 2.27. The van der Waals surface area contributed by atoms with E-state index in [0.717, 1.165) is 22.4 Å².